The van der Waals surface area contributed by atoms with Crippen molar-refractivity contribution in [3.8, 4) is 0 Å². The Balaban J connectivity index is 1.66. The van der Waals surface area contributed by atoms with E-state index in [-0.39, 0.29) is 6.10 Å². The van der Waals surface area contributed by atoms with Crippen LogP contribution in [-0.2, 0) is 0 Å². The number of benzene rings is 1. The Morgan fingerprint density at radius 3 is 2.05 bits per heavy atom. The first-order valence-electron chi connectivity index (χ1n) is 8.47. The van der Waals surface area contributed by atoms with Gasteiger partial charge in [0.2, 0.25) is 0 Å². The number of aliphatic hydroxyl groups excluding tert-OH is 1. The van der Waals surface area contributed by atoms with Crippen molar-refractivity contribution in [1.82, 2.24) is 0 Å². The van der Waals surface area contributed by atoms with Crippen molar-refractivity contribution in [1.29, 1.82) is 0 Å². The van der Waals surface area contributed by atoms with Crippen molar-refractivity contribution in [2.75, 3.05) is 0 Å². The highest BCUT2D eigenvalue weighted by Gasteiger charge is 2.50. The van der Waals surface area contributed by atoms with Gasteiger partial charge in [-0.25, -0.2) is 0 Å². The quantitative estimate of drug-likeness (QED) is 0.809. The molecule has 1 unspecified atom stereocenters. The second-order valence-electron chi connectivity index (χ2n) is 7.91. The van der Waals surface area contributed by atoms with Gasteiger partial charge in [0.05, 0.1) is 6.10 Å². The number of aliphatic hydroxyl groups is 1. The standard InChI is InChI=1S/C19H25ClO/c1-10-3-16(17(20)4-11(10)2)19(21)18-14-6-12-5-13(8-14)9-15(18)7-12/h3-4,12-15,18-19,21H,5-9H2,1-2H3. The molecule has 4 saturated carbocycles. The fraction of sp³-hybridized carbons (Fsp3) is 0.684. The van der Waals surface area contributed by atoms with Crippen LogP contribution in [0.5, 0.6) is 0 Å². The van der Waals surface area contributed by atoms with E-state index in [1.807, 2.05) is 6.07 Å². The Morgan fingerprint density at radius 2 is 1.48 bits per heavy atom. The van der Waals surface area contributed by atoms with Crippen molar-refractivity contribution >= 4 is 11.6 Å². The zero-order valence-corrected chi connectivity index (χ0v) is 13.7. The van der Waals surface area contributed by atoms with Crippen LogP contribution in [0.25, 0.3) is 0 Å². The zero-order chi connectivity index (χ0) is 14.7. The third kappa shape index (κ3) is 2.24. The number of hydrogen-bond acceptors (Lipinski definition) is 1. The van der Waals surface area contributed by atoms with Crippen LogP contribution in [0, 0.1) is 43.4 Å². The highest BCUT2D eigenvalue weighted by molar-refractivity contribution is 6.31. The second kappa shape index (κ2) is 4.99. The van der Waals surface area contributed by atoms with Gasteiger partial charge in [-0.15, -0.1) is 0 Å². The third-order valence-corrected chi connectivity index (χ3v) is 6.92. The van der Waals surface area contributed by atoms with Crippen LogP contribution in [0.3, 0.4) is 0 Å². The molecule has 0 saturated heterocycles. The fourth-order valence-electron chi connectivity index (χ4n) is 5.72. The van der Waals surface area contributed by atoms with Crippen molar-refractivity contribution in [3.63, 3.8) is 0 Å². The van der Waals surface area contributed by atoms with Gasteiger partial charge in [0.25, 0.3) is 0 Å². The van der Waals surface area contributed by atoms with Gasteiger partial charge in [0, 0.05) is 5.02 Å². The van der Waals surface area contributed by atoms with E-state index in [2.05, 4.69) is 19.9 Å². The molecule has 1 nitrogen and oxygen atoms in total. The maximum Gasteiger partial charge on any atom is 0.0837 e. The molecule has 1 aromatic rings. The maximum atomic E-state index is 11.1. The fourth-order valence-corrected chi connectivity index (χ4v) is 6.05. The lowest BCUT2D eigenvalue weighted by Crippen LogP contribution is -2.47. The van der Waals surface area contributed by atoms with Crippen LogP contribution >= 0.6 is 11.6 Å². The van der Waals surface area contributed by atoms with E-state index in [4.69, 9.17) is 11.6 Å². The lowest BCUT2D eigenvalue weighted by molar-refractivity contribution is -0.0907. The van der Waals surface area contributed by atoms with E-state index in [0.717, 1.165) is 34.3 Å². The summed E-state index contributed by atoms with van der Waals surface area (Å²) in [5.74, 6) is 3.80. The summed E-state index contributed by atoms with van der Waals surface area (Å²) in [6.45, 7) is 4.19. The summed E-state index contributed by atoms with van der Waals surface area (Å²) < 4.78 is 0. The van der Waals surface area contributed by atoms with Gasteiger partial charge in [-0.05, 0) is 98.3 Å². The van der Waals surface area contributed by atoms with Crippen molar-refractivity contribution in [3.05, 3.63) is 33.8 Å². The second-order valence-corrected chi connectivity index (χ2v) is 8.32. The van der Waals surface area contributed by atoms with Crippen LogP contribution in [-0.4, -0.2) is 5.11 Å². The lowest BCUT2D eigenvalue weighted by atomic mass is 9.50. The summed E-state index contributed by atoms with van der Waals surface area (Å²) in [5.41, 5.74) is 3.41. The SMILES string of the molecule is Cc1cc(Cl)c(C(O)C2C3CC4CC(C3)CC2C4)cc1C. The number of rotatable bonds is 2. The first-order chi connectivity index (χ1) is 10.0. The number of halogens is 1. The summed E-state index contributed by atoms with van der Waals surface area (Å²) >= 11 is 6.45. The predicted molar refractivity (Wildman–Crippen MR) is 86.4 cm³/mol. The molecule has 4 fully saturated rings. The van der Waals surface area contributed by atoms with E-state index < -0.39 is 0 Å². The summed E-state index contributed by atoms with van der Waals surface area (Å²) in [6.07, 6.45) is 6.47. The minimum absolute atomic E-state index is 0.369. The molecule has 0 aromatic heterocycles. The average molecular weight is 305 g/mol. The number of aryl methyl sites for hydroxylation is 2. The Kier molecular flexibility index (Phi) is 3.35. The number of hydrogen-bond donors (Lipinski definition) is 1. The Morgan fingerprint density at radius 1 is 0.952 bits per heavy atom. The Bertz CT molecular complexity index is 537. The van der Waals surface area contributed by atoms with Crippen LogP contribution in [0.2, 0.25) is 5.02 Å². The monoisotopic (exact) mass is 304 g/mol. The largest absolute Gasteiger partial charge is 0.388 e. The molecule has 1 N–H and O–H groups in total. The summed E-state index contributed by atoms with van der Waals surface area (Å²) in [7, 11) is 0. The van der Waals surface area contributed by atoms with Gasteiger partial charge in [-0.1, -0.05) is 17.7 Å². The summed E-state index contributed by atoms with van der Waals surface area (Å²) in [6, 6.07) is 4.14. The predicted octanol–water partition coefficient (Wildman–Crippen LogP) is 5.06. The molecule has 4 aliphatic rings. The molecule has 0 heterocycles. The highest BCUT2D eigenvalue weighted by Crippen LogP contribution is 2.59. The lowest BCUT2D eigenvalue weighted by Gasteiger charge is -2.55. The van der Waals surface area contributed by atoms with Crippen molar-refractivity contribution in [2.24, 2.45) is 29.6 Å². The zero-order valence-electron chi connectivity index (χ0n) is 13.0. The Hall–Kier alpha value is -0.530. The molecule has 0 radical (unpaired) electrons. The molecule has 5 rings (SSSR count). The van der Waals surface area contributed by atoms with Gasteiger partial charge in [-0.3, -0.25) is 0 Å². The Labute approximate surface area is 132 Å². The van der Waals surface area contributed by atoms with Crippen LogP contribution in [0.15, 0.2) is 12.1 Å². The molecular formula is C19H25ClO. The summed E-state index contributed by atoms with van der Waals surface area (Å²) in [5, 5.41) is 11.8. The van der Waals surface area contributed by atoms with Crippen LogP contribution < -0.4 is 0 Å². The molecule has 1 atom stereocenters. The normalized spacial score (nSPS) is 38.8. The minimum Gasteiger partial charge on any atom is -0.388 e. The smallest absolute Gasteiger partial charge is 0.0837 e. The molecule has 4 bridgehead atoms. The molecule has 0 amide bonds. The molecule has 21 heavy (non-hydrogen) atoms. The highest BCUT2D eigenvalue weighted by atomic mass is 35.5. The minimum atomic E-state index is -0.369. The van der Waals surface area contributed by atoms with E-state index in [1.165, 1.54) is 43.2 Å². The first kappa shape index (κ1) is 14.1. The van der Waals surface area contributed by atoms with E-state index in [1.54, 1.807) is 0 Å². The van der Waals surface area contributed by atoms with Crippen molar-refractivity contribution < 1.29 is 5.11 Å². The molecular weight excluding hydrogens is 280 g/mol. The average Bonchev–Trinajstić information content (AvgIpc) is 2.41. The van der Waals surface area contributed by atoms with Gasteiger partial charge in [0.1, 0.15) is 0 Å². The van der Waals surface area contributed by atoms with Gasteiger partial charge in [-0.2, -0.15) is 0 Å². The molecule has 1 aromatic carbocycles. The maximum absolute atomic E-state index is 11.1. The van der Waals surface area contributed by atoms with Crippen LogP contribution in [0.1, 0.15) is 54.9 Å². The van der Waals surface area contributed by atoms with Gasteiger partial charge in [0.15, 0.2) is 0 Å². The van der Waals surface area contributed by atoms with E-state index in [9.17, 15) is 5.11 Å². The van der Waals surface area contributed by atoms with Gasteiger partial charge >= 0.3 is 0 Å². The van der Waals surface area contributed by atoms with E-state index >= 15 is 0 Å². The molecule has 4 aliphatic carbocycles. The van der Waals surface area contributed by atoms with Crippen molar-refractivity contribution in [2.45, 2.75) is 52.1 Å². The summed E-state index contributed by atoms with van der Waals surface area (Å²) in [4.78, 5) is 0. The molecule has 0 spiro atoms. The molecule has 114 valence electrons. The van der Waals surface area contributed by atoms with E-state index in [0.29, 0.717) is 5.92 Å². The van der Waals surface area contributed by atoms with Crippen LogP contribution in [0.4, 0.5) is 0 Å². The van der Waals surface area contributed by atoms with Gasteiger partial charge < -0.3 is 5.11 Å². The third-order valence-electron chi connectivity index (χ3n) is 6.60. The molecule has 2 heteroatoms. The topological polar surface area (TPSA) is 20.2 Å². The first-order valence-corrected chi connectivity index (χ1v) is 8.85. The molecule has 0 aliphatic heterocycles.